The Bertz CT molecular complexity index is 626. The summed E-state index contributed by atoms with van der Waals surface area (Å²) in [7, 11) is 3.71. The monoisotopic (exact) mass is 387 g/mol. The average Bonchev–Trinajstić information content (AvgIpc) is 2.70. The summed E-state index contributed by atoms with van der Waals surface area (Å²) in [6.07, 6.45) is 10.9. The fourth-order valence-corrected chi connectivity index (χ4v) is 2.34. The highest BCUT2D eigenvalue weighted by molar-refractivity contribution is 5.67. The van der Waals surface area contributed by atoms with Crippen LogP contribution in [-0.2, 0) is 11.2 Å². The number of nitrogens with one attached hydrogen (secondary N) is 1. The van der Waals surface area contributed by atoms with Gasteiger partial charge in [0.2, 0.25) is 0 Å². The standard InChI is InChI=1S/C21H33N5O2/c1-19(18-24-25(2)3)26(15-7-17-28)23-14-6-8-20-9-11-21(12-10-20)22-13-4-5-16-27/h7,9-12,14-15,17-19,22,27H,4-6,8,13,16H2,1-3H3/b15-7-,23-14+,24-18-. The zero-order valence-electron chi connectivity index (χ0n) is 17.2. The van der Waals surface area contributed by atoms with Crippen molar-refractivity contribution in [3.63, 3.8) is 0 Å². The molecule has 0 aliphatic heterocycles. The van der Waals surface area contributed by atoms with Gasteiger partial charge in [0.1, 0.15) is 6.29 Å². The number of benzene rings is 1. The van der Waals surface area contributed by atoms with Gasteiger partial charge < -0.3 is 15.4 Å². The smallest absolute Gasteiger partial charge is 0.144 e. The van der Waals surface area contributed by atoms with E-state index in [9.17, 15) is 4.79 Å². The molecular weight excluding hydrogens is 354 g/mol. The van der Waals surface area contributed by atoms with E-state index in [1.165, 1.54) is 11.6 Å². The quantitative estimate of drug-likeness (QED) is 0.169. The van der Waals surface area contributed by atoms with Crippen molar-refractivity contribution in [2.24, 2.45) is 10.2 Å². The number of carbonyl (C=O) groups is 1. The van der Waals surface area contributed by atoms with Gasteiger partial charge in [-0.25, -0.2) is 0 Å². The normalized spacial score (nSPS) is 12.7. The van der Waals surface area contributed by atoms with Crippen LogP contribution < -0.4 is 5.32 Å². The van der Waals surface area contributed by atoms with E-state index < -0.39 is 0 Å². The van der Waals surface area contributed by atoms with E-state index in [-0.39, 0.29) is 12.6 Å². The van der Waals surface area contributed by atoms with Gasteiger partial charge in [-0.2, -0.15) is 10.2 Å². The molecule has 1 aromatic rings. The van der Waals surface area contributed by atoms with Crippen molar-refractivity contribution in [3.05, 3.63) is 42.1 Å². The van der Waals surface area contributed by atoms with Crippen LogP contribution in [0.5, 0.6) is 0 Å². The Morgan fingerprint density at radius 3 is 2.57 bits per heavy atom. The molecule has 0 aliphatic carbocycles. The Morgan fingerprint density at radius 1 is 1.18 bits per heavy atom. The molecule has 0 saturated carbocycles. The number of aldehydes is 1. The third-order valence-corrected chi connectivity index (χ3v) is 3.89. The second-order valence-corrected chi connectivity index (χ2v) is 6.60. The Morgan fingerprint density at radius 2 is 1.93 bits per heavy atom. The van der Waals surface area contributed by atoms with E-state index >= 15 is 0 Å². The molecule has 0 spiro atoms. The van der Waals surface area contributed by atoms with E-state index in [1.807, 2.05) is 27.2 Å². The first kappa shape index (κ1) is 23.4. The lowest BCUT2D eigenvalue weighted by Gasteiger charge is -2.19. The minimum absolute atomic E-state index is 0.0639. The number of anilines is 1. The molecule has 1 rings (SSSR count). The summed E-state index contributed by atoms with van der Waals surface area (Å²) in [6.45, 7) is 3.07. The highest BCUT2D eigenvalue weighted by atomic mass is 16.2. The van der Waals surface area contributed by atoms with Crippen molar-refractivity contribution in [1.82, 2.24) is 10.0 Å². The topological polar surface area (TPSA) is 80.5 Å². The second-order valence-electron chi connectivity index (χ2n) is 6.60. The maximum absolute atomic E-state index is 10.6. The summed E-state index contributed by atoms with van der Waals surface area (Å²) >= 11 is 0. The Labute approximate surface area is 168 Å². The highest BCUT2D eigenvalue weighted by Crippen LogP contribution is 2.11. The first-order valence-electron chi connectivity index (χ1n) is 9.64. The number of hydrazone groups is 2. The van der Waals surface area contributed by atoms with Crippen molar-refractivity contribution in [1.29, 1.82) is 0 Å². The fourth-order valence-electron chi connectivity index (χ4n) is 2.34. The number of hydrogen-bond donors (Lipinski definition) is 2. The van der Waals surface area contributed by atoms with Crippen LogP contribution in [0.4, 0.5) is 5.69 Å². The number of carbonyl (C=O) groups excluding carboxylic acids is 1. The molecule has 154 valence electrons. The van der Waals surface area contributed by atoms with Crippen LogP contribution in [0.2, 0.25) is 0 Å². The molecule has 0 aliphatic rings. The number of aryl methyl sites for hydroxylation is 1. The predicted molar refractivity (Wildman–Crippen MR) is 117 cm³/mol. The zero-order chi connectivity index (χ0) is 20.6. The van der Waals surface area contributed by atoms with Crippen molar-refractivity contribution in [2.75, 3.05) is 32.6 Å². The SMILES string of the molecule is CC(/C=N\N(C)C)N(/C=C\C=O)/N=C/CCc1ccc(NCCCCO)cc1. The minimum atomic E-state index is -0.0639. The van der Waals surface area contributed by atoms with Crippen LogP contribution in [0.25, 0.3) is 0 Å². The first-order valence-corrected chi connectivity index (χ1v) is 9.64. The van der Waals surface area contributed by atoms with Crippen LogP contribution >= 0.6 is 0 Å². The molecule has 1 aromatic carbocycles. The van der Waals surface area contributed by atoms with Gasteiger partial charge in [0.25, 0.3) is 0 Å². The van der Waals surface area contributed by atoms with Gasteiger partial charge in [-0.05, 0) is 56.4 Å². The number of unbranched alkanes of at least 4 members (excludes halogenated alkanes) is 1. The Hall–Kier alpha value is -2.67. The molecule has 28 heavy (non-hydrogen) atoms. The summed E-state index contributed by atoms with van der Waals surface area (Å²) in [4.78, 5) is 10.6. The molecule has 0 radical (unpaired) electrons. The van der Waals surface area contributed by atoms with E-state index in [1.54, 1.807) is 22.4 Å². The third-order valence-electron chi connectivity index (χ3n) is 3.89. The molecular formula is C21H33N5O2. The molecule has 0 saturated heterocycles. The second kappa shape index (κ2) is 14.4. The van der Waals surface area contributed by atoms with Crippen LogP contribution in [0.15, 0.2) is 46.7 Å². The molecule has 2 N–H and O–H groups in total. The average molecular weight is 388 g/mol. The van der Waals surface area contributed by atoms with E-state index in [2.05, 4.69) is 39.8 Å². The molecule has 0 fully saturated rings. The summed E-state index contributed by atoms with van der Waals surface area (Å²) in [5.74, 6) is 0. The largest absolute Gasteiger partial charge is 0.396 e. The number of rotatable bonds is 14. The van der Waals surface area contributed by atoms with E-state index in [4.69, 9.17) is 5.11 Å². The lowest BCUT2D eigenvalue weighted by molar-refractivity contribution is -0.104. The molecule has 0 amide bonds. The van der Waals surface area contributed by atoms with Crippen molar-refractivity contribution in [3.8, 4) is 0 Å². The molecule has 7 heteroatoms. The van der Waals surface area contributed by atoms with Crippen LogP contribution in [0.1, 0.15) is 31.7 Å². The molecule has 1 atom stereocenters. The summed E-state index contributed by atoms with van der Waals surface area (Å²) < 4.78 is 0. The summed E-state index contributed by atoms with van der Waals surface area (Å²) in [5, 5.41) is 24.2. The van der Waals surface area contributed by atoms with Gasteiger partial charge in [0, 0.05) is 51.6 Å². The molecule has 0 bridgehead atoms. The lowest BCUT2D eigenvalue weighted by Crippen LogP contribution is -2.25. The number of allylic oxidation sites excluding steroid dienone is 1. The molecule has 0 aromatic heterocycles. The Balaban J connectivity index is 2.50. The number of aliphatic hydroxyl groups excluding tert-OH is 1. The van der Waals surface area contributed by atoms with Crippen LogP contribution in [0.3, 0.4) is 0 Å². The van der Waals surface area contributed by atoms with Crippen LogP contribution in [0, 0.1) is 0 Å². The van der Waals surface area contributed by atoms with Gasteiger partial charge in [0.15, 0.2) is 0 Å². The maximum Gasteiger partial charge on any atom is 0.144 e. The van der Waals surface area contributed by atoms with Gasteiger partial charge in [0.05, 0.1) is 6.04 Å². The first-order chi connectivity index (χ1) is 13.6. The number of nitrogens with zero attached hydrogens (tertiary/aromatic N) is 4. The van der Waals surface area contributed by atoms with Crippen molar-refractivity contribution < 1.29 is 9.90 Å². The predicted octanol–water partition coefficient (Wildman–Crippen LogP) is 2.74. The van der Waals surface area contributed by atoms with E-state index in [0.717, 1.165) is 44.2 Å². The van der Waals surface area contributed by atoms with Gasteiger partial charge in [-0.3, -0.25) is 9.80 Å². The third kappa shape index (κ3) is 10.5. The van der Waals surface area contributed by atoms with Crippen molar-refractivity contribution >= 4 is 24.4 Å². The maximum atomic E-state index is 10.6. The molecule has 1 unspecified atom stereocenters. The Kier molecular flexibility index (Phi) is 12.0. The lowest BCUT2D eigenvalue weighted by atomic mass is 10.1. The number of aliphatic hydroxyl groups is 1. The summed E-state index contributed by atoms with van der Waals surface area (Å²) in [6, 6.07) is 8.30. The van der Waals surface area contributed by atoms with E-state index in [0.29, 0.717) is 0 Å². The fraction of sp³-hybridized carbons (Fsp3) is 0.476. The molecule has 7 nitrogen and oxygen atoms in total. The molecule has 0 heterocycles. The van der Waals surface area contributed by atoms with Gasteiger partial charge >= 0.3 is 0 Å². The number of hydrogen-bond acceptors (Lipinski definition) is 7. The summed E-state index contributed by atoms with van der Waals surface area (Å²) in [5.41, 5.74) is 2.33. The highest BCUT2D eigenvalue weighted by Gasteiger charge is 2.05. The van der Waals surface area contributed by atoms with Crippen molar-refractivity contribution in [2.45, 2.75) is 38.6 Å². The van der Waals surface area contributed by atoms with Gasteiger partial charge in [-0.1, -0.05) is 12.1 Å². The minimum Gasteiger partial charge on any atom is -0.396 e. The zero-order valence-corrected chi connectivity index (χ0v) is 17.2. The van der Waals surface area contributed by atoms with Gasteiger partial charge in [-0.15, -0.1) is 0 Å². The van der Waals surface area contributed by atoms with Crippen LogP contribution in [-0.4, -0.2) is 67.1 Å².